The average Bonchev–Trinajstić information content (AvgIpc) is 2.72. The van der Waals surface area contributed by atoms with Crippen molar-refractivity contribution in [2.75, 3.05) is 0 Å². The minimum absolute atomic E-state index is 0.673. The first-order valence-electron chi connectivity index (χ1n) is 5.96. The molecule has 1 heterocycles. The smallest absolute Gasteiger partial charge is 0.102 e. The summed E-state index contributed by atoms with van der Waals surface area (Å²) in [5.41, 5.74) is 3.61. The first-order valence-corrected chi connectivity index (χ1v) is 6.33. The number of fused-ring (bicyclic) bond motifs is 1. The number of hydrogen-bond donors (Lipinski definition) is 0. The van der Waals surface area contributed by atoms with Gasteiger partial charge in [-0.15, -0.1) is 0 Å². The number of para-hydroxylation sites is 1. The minimum atomic E-state index is 0.673. The predicted octanol–water partition coefficient (Wildman–Crippen LogP) is 4.37. The molecule has 0 radical (unpaired) electrons. The second kappa shape index (κ2) is 4.46. The van der Waals surface area contributed by atoms with E-state index in [9.17, 15) is 5.26 Å². The molecular formula is C16H11ClN2. The minimum Gasteiger partial charge on any atom is -0.343 e. The highest BCUT2D eigenvalue weighted by Crippen LogP contribution is 2.33. The highest BCUT2D eigenvalue weighted by molar-refractivity contribution is 6.30. The second-order valence-electron chi connectivity index (χ2n) is 4.42. The lowest BCUT2D eigenvalue weighted by Crippen LogP contribution is -1.92. The van der Waals surface area contributed by atoms with Crippen LogP contribution in [0.5, 0.6) is 0 Å². The molecule has 2 nitrogen and oxygen atoms in total. The van der Waals surface area contributed by atoms with Crippen LogP contribution in [0, 0.1) is 11.3 Å². The Balaban J connectivity index is 2.42. The van der Waals surface area contributed by atoms with Gasteiger partial charge in [-0.05, 0) is 18.2 Å². The molecule has 0 atom stereocenters. The van der Waals surface area contributed by atoms with Gasteiger partial charge in [0, 0.05) is 28.5 Å². The van der Waals surface area contributed by atoms with Gasteiger partial charge in [-0.2, -0.15) is 5.26 Å². The van der Waals surface area contributed by atoms with Gasteiger partial charge in [0.2, 0.25) is 0 Å². The lowest BCUT2D eigenvalue weighted by atomic mass is 10.1. The zero-order chi connectivity index (χ0) is 13.4. The summed E-state index contributed by atoms with van der Waals surface area (Å²) in [6.45, 7) is 0. The van der Waals surface area contributed by atoms with Crippen molar-refractivity contribution in [2.45, 2.75) is 0 Å². The summed E-state index contributed by atoms with van der Waals surface area (Å²) in [6, 6.07) is 17.8. The van der Waals surface area contributed by atoms with Crippen LogP contribution in [-0.4, -0.2) is 4.57 Å². The van der Waals surface area contributed by atoms with Crippen LogP contribution in [0.2, 0.25) is 5.02 Å². The largest absolute Gasteiger partial charge is 0.343 e. The number of nitrogens with zero attached hydrogens (tertiary/aromatic N) is 2. The molecule has 1 aromatic heterocycles. The summed E-state index contributed by atoms with van der Waals surface area (Å²) < 4.78 is 2.04. The van der Waals surface area contributed by atoms with E-state index in [4.69, 9.17) is 11.6 Å². The van der Waals surface area contributed by atoms with Crippen molar-refractivity contribution in [3.8, 4) is 17.3 Å². The molecule has 0 saturated carbocycles. The summed E-state index contributed by atoms with van der Waals surface area (Å²) in [6.07, 6.45) is 0. The molecule has 0 spiro atoms. The fourth-order valence-electron chi connectivity index (χ4n) is 2.48. The Morgan fingerprint density at radius 2 is 1.89 bits per heavy atom. The molecule has 0 N–H and O–H groups in total. The van der Waals surface area contributed by atoms with Crippen LogP contribution in [0.25, 0.3) is 22.2 Å². The van der Waals surface area contributed by atoms with Gasteiger partial charge in [-0.3, -0.25) is 0 Å². The Morgan fingerprint density at radius 3 is 2.63 bits per heavy atom. The lowest BCUT2D eigenvalue weighted by Gasteiger charge is -2.05. The predicted molar refractivity (Wildman–Crippen MR) is 78.1 cm³/mol. The molecule has 0 bridgehead atoms. The number of halogens is 1. The number of benzene rings is 2. The van der Waals surface area contributed by atoms with Crippen molar-refractivity contribution in [3.05, 3.63) is 59.1 Å². The maximum Gasteiger partial charge on any atom is 0.102 e. The highest BCUT2D eigenvalue weighted by atomic mass is 35.5. The quantitative estimate of drug-likeness (QED) is 0.643. The van der Waals surface area contributed by atoms with Gasteiger partial charge in [0.15, 0.2) is 0 Å². The fraction of sp³-hybridized carbons (Fsp3) is 0.0625. The van der Waals surface area contributed by atoms with E-state index in [2.05, 4.69) is 6.07 Å². The van der Waals surface area contributed by atoms with Crippen LogP contribution in [0.1, 0.15) is 5.56 Å². The maximum absolute atomic E-state index is 9.46. The van der Waals surface area contributed by atoms with E-state index in [0.717, 1.165) is 22.2 Å². The fourth-order valence-corrected chi connectivity index (χ4v) is 2.67. The van der Waals surface area contributed by atoms with E-state index >= 15 is 0 Å². The Morgan fingerprint density at radius 1 is 1.11 bits per heavy atom. The normalized spacial score (nSPS) is 10.6. The van der Waals surface area contributed by atoms with E-state index in [-0.39, 0.29) is 0 Å². The standard InChI is InChI=1S/C16H11ClN2/c1-19-15-8-3-2-7-13(15)14(10-18)16(19)11-5-4-6-12(17)9-11/h2-9H,1H3. The summed E-state index contributed by atoms with van der Waals surface area (Å²) in [5, 5.41) is 11.1. The summed E-state index contributed by atoms with van der Waals surface area (Å²) in [7, 11) is 1.97. The molecule has 0 fully saturated rings. The molecular weight excluding hydrogens is 256 g/mol. The molecule has 3 heteroatoms. The van der Waals surface area contributed by atoms with Crippen LogP contribution >= 0.6 is 11.6 Å². The van der Waals surface area contributed by atoms with Crippen LogP contribution in [0.3, 0.4) is 0 Å². The van der Waals surface area contributed by atoms with Crippen molar-refractivity contribution in [1.82, 2.24) is 4.57 Å². The summed E-state index contributed by atoms with van der Waals surface area (Å²) >= 11 is 6.05. The van der Waals surface area contributed by atoms with Gasteiger partial charge in [0.1, 0.15) is 6.07 Å². The molecule has 19 heavy (non-hydrogen) atoms. The zero-order valence-corrected chi connectivity index (χ0v) is 11.1. The molecule has 0 unspecified atom stereocenters. The Hall–Kier alpha value is -2.24. The van der Waals surface area contributed by atoms with Crippen molar-refractivity contribution in [2.24, 2.45) is 7.05 Å². The molecule has 0 aliphatic rings. The average molecular weight is 267 g/mol. The lowest BCUT2D eigenvalue weighted by molar-refractivity contribution is 0.976. The molecule has 0 saturated heterocycles. The van der Waals surface area contributed by atoms with Crippen LogP contribution in [0.4, 0.5) is 0 Å². The van der Waals surface area contributed by atoms with Crippen molar-refractivity contribution in [1.29, 1.82) is 5.26 Å². The Labute approximate surface area is 116 Å². The summed E-state index contributed by atoms with van der Waals surface area (Å²) in [5.74, 6) is 0. The first kappa shape index (κ1) is 11.8. The van der Waals surface area contributed by atoms with Gasteiger partial charge < -0.3 is 4.57 Å². The maximum atomic E-state index is 9.46. The number of hydrogen-bond acceptors (Lipinski definition) is 1. The van der Waals surface area contributed by atoms with E-state index in [0.29, 0.717) is 10.6 Å². The van der Waals surface area contributed by atoms with Gasteiger partial charge >= 0.3 is 0 Å². The third-order valence-electron chi connectivity index (χ3n) is 3.32. The number of aryl methyl sites for hydroxylation is 1. The molecule has 2 aromatic carbocycles. The zero-order valence-electron chi connectivity index (χ0n) is 10.4. The number of aromatic nitrogens is 1. The van der Waals surface area contributed by atoms with E-state index in [1.165, 1.54) is 0 Å². The topological polar surface area (TPSA) is 28.7 Å². The Bertz CT molecular complexity index is 809. The van der Waals surface area contributed by atoms with Crippen LogP contribution in [-0.2, 0) is 7.05 Å². The van der Waals surface area contributed by atoms with Crippen molar-refractivity contribution in [3.63, 3.8) is 0 Å². The first-order chi connectivity index (χ1) is 9.22. The van der Waals surface area contributed by atoms with E-state index in [1.807, 2.05) is 60.1 Å². The SMILES string of the molecule is Cn1c(-c2cccc(Cl)c2)c(C#N)c2ccccc21. The van der Waals surface area contributed by atoms with Gasteiger partial charge in [0.25, 0.3) is 0 Å². The number of nitriles is 1. The molecule has 0 aliphatic heterocycles. The second-order valence-corrected chi connectivity index (χ2v) is 4.86. The van der Waals surface area contributed by atoms with Crippen LogP contribution in [0.15, 0.2) is 48.5 Å². The molecule has 92 valence electrons. The molecule has 0 amide bonds. The van der Waals surface area contributed by atoms with Crippen LogP contribution < -0.4 is 0 Å². The van der Waals surface area contributed by atoms with E-state index < -0.39 is 0 Å². The summed E-state index contributed by atoms with van der Waals surface area (Å²) in [4.78, 5) is 0. The monoisotopic (exact) mass is 266 g/mol. The third kappa shape index (κ3) is 1.80. The Kier molecular flexibility index (Phi) is 2.77. The van der Waals surface area contributed by atoms with Gasteiger partial charge in [-0.1, -0.05) is 41.9 Å². The van der Waals surface area contributed by atoms with Gasteiger partial charge in [-0.25, -0.2) is 0 Å². The van der Waals surface area contributed by atoms with E-state index in [1.54, 1.807) is 0 Å². The number of rotatable bonds is 1. The molecule has 0 aliphatic carbocycles. The van der Waals surface area contributed by atoms with Crippen molar-refractivity contribution < 1.29 is 0 Å². The third-order valence-corrected chi connectivity index (χ3v) is 3.55. The van der Waals surface area contributed by atoms with Gasteiger partial charge in [0.05, 0.1) is 11.3 Å². The molecule has 3 rings (SSSR count). The molecule has 3 aromatic rings. The van der Waals surface area contributed by atoms with Crippen molar-refractivity contribution >= 4 is 22.5 Å². The highest BCUT2D eigenvalue weighted by Gasteiger charge is 2.15.